The molecule has 0 saturated heterocycles. The van der Waals surface area contributed by atoms with Crippen molar-refractivity contribution in [1.82, 2.24) is 9.97 Å². The van der Waals surface area contributed by atoms with Gasteiger partial charge in [0.2, 0.25) is 0 Å². The van der Waals surface area contributed by atoms with Crippen LogP contribution in [0.25, 0.3) is 0 Å². The molecule has 5 heteroatoms. The first-order valence-corrected chi connectivity index (χ1v) is 3.71. The predicted molar refractivity (Wildman–Crippen MR) is 41.2 cm³/mol. The SMILES string of the molecule is Cc1nc(C)c(C)c(C(F)(F)F)n1. The molecule has 0 aliphatic carbocycles. The lowest BCUT2D eigenvalue weighted by Crippen LogP contribution is -2.13. The van der Waals surface area contributed by atoms with E-state index in [1.165, 1.54) is 13.8 Å². The van der Waals surface area contributed by atoms with Crippen molar-refractivity contribution in [2.75, 3.05) is 0 Å². The lowest BCUT2D eigenvalue weighted by atomic mass is 10.2. The molecular formula is C8H9F3N2. The van der Waals surface area contributed by atoms with Crippen LogP contribution in [0.3, 0.4) is 0 Å². The molecule has 0 atom stereocenters. The molecule has 1 rings (SSSR count). The summed E-state index contributed by atoms with van der Waals surface area (Å²) in [6, 6.07) is 0. The second-order valence-electron chi connectivity index (χ2n) is 2.83. The molecular weight excluding hydrogens is 181 g/mol. The van der Waals surface area contributed by atoms with Gasteiger partial charge in [0.1, 0.15) is 5.82 Å². The molecule has 72 valence electrons. The van der Waals surface area contributed by atoms with E-state index >= 15 is 0 Å². The van der Waals surface area contributed by atoms with E-state index in [1.807, 2.05) is 0 Å². The van der Waals surface area contributed by atoms with E-state index in [0.29, 0.717) is 5.69 Å². The molecule has 1 aromatic heterocycles. The van der Waals surface area contributed by atoms with Gasteiger partial charge in [0, 0.05) is 11.3 Å². The van der Waals surface area contributed by atoms with Crippen LogP contribution in [-0.2, 0) is 6.18 Å². The van der Waals surface area contributed by atoms with Crippen LogP contribution in [-0.4, -0.2) is 9.97 Å². The van der Waals surface area contributed by atoms with E-state index in [1.54, 1.807) is 6.92 Å². The monoisotopic (exact) mass is 190 g/mol. The summed E-state index contributed by atoms with van der Waals surface area (Å²) in [5, 5.41) is 0. The fraction of sp³-hybridized carbons (Fsp3) is 0.500. The molecule has 2 nitrogen and oxygen atoms in total. The first-order valence-electron chi connectivity index (χ1n) is 3.71. The van der Waals surface area contributed by atoms with Gasteiger partial charge in [0.15, 0.2) is 5.69 Å². The fourth-order valence-corrected chi connectivity index (χ4v) is 1.04. The quantitative estimate of drug-likeness (QED) is 0.627. The van der Waals surface area contributed by atoms with Crippen molar-refractivity contribution in [3.63, 3.8) is 0 Å². The van der Waals surface area contributed by atoms with Gasteiger partial charge in [-0.25, -0.2) is 9.97 Å². The number of alkyl halides is 3. The summed E-state index contributed by atoms with van der Waals surface area (Å²) >= 11 is 0. The summed E-state index contributed by atoms with van der Waals surface area (Å²) in [6.07, 6.45) is -4.39. The zero-order valence-corrected chi connectivity index (χ0v) is 7.53. The molecule has 1 heterocycles. The van der Waals surface area contributed by atoms with Crippen LogP contribution in [0.1, 0.15) is 22.8 Å². The maximum atomic E-state index is 12.3. The van der Waals surface area contributed by atoms with E-state index < -0.39 is 11.9 Å². The number of rotatable bonds is 0. The van der Waals surface area contributed by atoms with E-state index in [2.05, 4.69) is 9.97 Å². The van der Waals surface area contributed by atoms with Crippen molar-refractivity contribution in [3.05, 3.63) is 22.8 Å². The number of halogens is 3. The summed E-state index contributed by atoms with van der Waals surface area (Å²) in [5.74, 6) is 0.149. The highest BCUT2D eigenvalue weighted by Crippen LogP contribution is 2.30. The number of aryl methyl sites for hydroxylation is 2. The highest BCUT2D eigenvalue weighted by molar-refractivity contribution is 5.25. The van der Waals surface area contributed by atoms with Crippen molar-refractivity contribution in [2.24, 2.45) is 0 Å². The van der Waals surface area contributed by atoms with Gasteiger partial charge in [0.05, 0.1) is 0 Å². The molecule has 0 aliphatic rings. The Morgan fingerprint density at radius 3 is 2.00 bits per heavy atom. The van der Waals surface area contributed by atoms with E-state index in [-0.39, 0.29) is 11.4 Å². The second kappa shape index (κ2) is 2.97. The van der Waals surface area contributed by atoms with Crippen molar-refractivity contribution >= 4 is 0 Å². The highest BCUT2D eigenvalue weighted by atomic mass is 19.4. The Bertz CT molecular complexity index is 331. The van der Waals surface area contributed by atoms with Gasteiger partial charge < -0.3 is 0 Å². The topological polar surface area (TPSA) is 25.8 Å². The van der Waals surface area contributed by atoms with E-state index in [9.17, 15) is 13.2 Å². The largest absolute Gasteiger partial charge is 0.433 e. The van der Waals surface area contributed by atoms with Gasteiger partial charge >= 0.3 is 6.18 Å². The average molecular weight is 190 g/mol. The lowest BCUT2D eigenvalue weighted by molar-refractivity contribution is -0.141. The van der Waals surface area contributed by atoms with Crippen LogP contribution in [0.15, 0.2) is 0 Å². The van der Waals surface area contributed by atoms with E-state index in [4.69, 9.17) is 0 Å². The summed E-state index contributed by atoms with van der Waals surface area (Å²) in [7, 11) is 0. The molecule has 0 saturated carbocycles. The van der Waals surface area contributed by atoms with Gasteiger partial charge in [-0.2, -0.15) is 13.2 Å². The minimum Gasteiger partial charge on any atom is -0.238 e. The third-order valence-corrected chi connectivity index (χ3v) is 1.77. The zero-order chi connectivity index (χ0) is 10.2. The summed E-state index contributed by atoms with van der Waals surface area (Å²) in [6.45, 7) is 4.36. The Kier molecular flexibility index (Phi) is 2.28. The Hall–Kier alpha value is -1.13. The lowest BCUT2D eigenvalue weighted by Gasteiger charge is -2.10. The summed E-state index contributed by atoms with van der Waals surface area (Å²) < 4.78 is 37.0. The molecule has 0 amide bonds. The number of hydrogen-bond acceptors (Lipinski definition) is 2. The van der Waals surface area contributed by atoms with Crippen LogP contribution in [0.2, 0.25) is 0 Å². The highest BCUT2D eigenvalue weighted by Gasteiger charge is 2.35. The third-order valence-electron chi connectivity index (χ3n) is 1.77. The molecule has 0 N–H and O–H groups in total. The number of hydrogen-bond donors (Lipinski definition) is 0. The van der Waals surface area contributed by atoms with Crippen LogP contribution >= 0.6 is 0 Å². The minimum absolute atomic E-state index is 0.0955. The molecule has 0 aromatic carbocycles. The first kappa shape index (κ1) is 9.95. The number of nitrogens with zero attached hydrogens (tertiary/aromatic N) is 2. The second-order valence-corrected chi connectivity index (χ2v) is 2.83. The van der Waals surface area contributed by atoms with Crippen molar-refractivity contribution in [1.29, 1.82) is 0 Å². The maximum absolute atomic E-state index is 12.3. The summed E-state index contributed by atoms with van der Waals surface area (Å²) in [4.78, 5) is 7.20. The van der Waals surface area contributed by atoms with Crippen molar-refractivity contribution in [2.45, 2.75) is 26.9 Å². The van der Waals surface area contributed by atoms with Gasteiger partial charge in [-0.1, -0.05) is 0 Å². The Morgan fingerprint density at radius 1 is 1.00 bits per heavy atom. The van der Waals surface area contributed by atoms with Crippen LogP contribution < -0.4 is 0 Å². The Balaban J connectivity index is 3.37. The minimum atomic E-state index is -4.39. The van der Waals surface area contributed by atoms with Gasteiger partial charge in [-0.05, 0) is 20.8 Å². The zero-order valence-electron chi connectivity index (χ0n) is 7.53. The standard InChI is InChI=1S/C8H9F3N2/c1-4-5(2)12-6(3)13-7(4)8(9,10)11/h1-3H3. The fourth-order valence-electron chi connectivity index (χ4n) is 1.04. The van der Waals surface area contributed by atoms with Gasteiger partial charge in [0.25, 0.3) is 0 Å². The molecule has 0 bridgehead atoms. The van der Waals surface area contributed by atoms with Crippen molar-refractivity contribution in [3.8, 4) is 0 Å². The molecule has 0 radical (unpaired) electrons. The third kappa shape index (κ3) is 1.96. The van der Waals surface area contributed by atoms with Crippen molar-refractivity contribution < 1.29 is 13.2 Å². The Labute approximate surface area is 73.8 Å². The van der Waals surface area contributed by atoms with Crippen LogP contribution in [0.4, 0.5) is 13.2 Å². The van der Waals surface area contributed by atoms with Gasteiger partial charge in [-0.3, -0.25) is 0 Å². The molecule has 13 heavy (non-hydrogen) atoms. The molecule has 0 unspecified atom stereocenters. The van der Waals surface area contributed by atoms with Crippen LogP contribution in [0.5, 0.6) is 0 Å². The average Bonchev–Trinajstić information content (AvgIpc) is 1.94. The molecule has 0 fully saturated rings. The maximum Gasteiger partial charge on any atom is 0.433 e. The normalized spacial score (nSPS) is 11.8. The number of aromatic nitrogens is 2. The van der Waals surface area contributed by atoms with E-state index in [0.717, 1.165) is 0 Å². The van der Waals surface area contributed by atoms with Gasteiger partial charge in [-0.15, -0.1) is 0 Å². The molecule has 0 spiro atoms. The smallest absolute Gasteiger partial charge is 0.238 e. The summed E-state index contributed by atoms with van der Waals surface area (Å²) in [5.41, 5.74) is -0.365. The first-order chi connectivity index (χ1) is 5.82. The molecule has 1 aromatic rings. The molecule has 0 aliphatic heterocycles. The Morgan fingerprint density at radius 2 is 1.54 bits per heavy atom. The predicted octanol–water partition coefficient (Wildman–Crippen LogP) is 2.42. The van der Waals surface area contributed by atoms with Crippen LogP contribution in [0, 0.1) is 20.8 Å².